The lowest BCUT2D eigenvalue weighted by Crippen LogP contribution is -2.53. The Kier molecular flexibility index (Phi) is 8.94. The second-order valence-corrected chi connectivity index (χ2v) is 11.5. The Balaban J connectivity index is 1.87. The van der Waals surface area contributed by atoms with E-state index in [2.05, 4.69) is 5.32 Å². The van der Waals surface area contributed by atoms with E-state index in [1.165, 1.54) is 11.3 Å². The van der Waals surface area contributed by atoms with E-state index in [0.717, 1.165) is 52.9 Å². The predicted octanol–water partition coefficient (Wildman–Crippen LogP) is 3.94. The summed E-state index contributed by atoms with van der Waals surface area (Å²) >= 11 is 0. The lowest BCUT2D eigenvalue weighted by Gasteiger charge is -2.33. The maximum Gasteiger partial charge on any atom is 0.244 e. The van der Waals surface area contributed by atoms with Crippen LogP contribution < -0.4 is 9.62 Å². The Morgan fingerprint density at radius 3 is 2.17 bits per heavy atom. The average Bonchev–Trinajstić information content (AvgIpc) is 2.80. The molecule has 0 bridgehead atoms. The number of benzene rings is 2. The summed E-state index contributed by atoms with van der Waals surface area (Å²) in [5.74, 6) is -0.636. The minimum Gasteiger partial charge on any atom is -0.352 e. The lowest BCUT2D eigenvalue weighted by molar-refractivity contribution is -0.139. The molecule has 1 aliphatic carbocycles. The van der Waals surface area contributed by atoms with Crippen molar-refractivity contribution in [1.82, 2.24) is 10.2 Å². The van der Waals surface area contributed by atoms with E-state index in [9.17, 15) is 18.0 Å². The minimum absolute atomic E-state index is 0.121. The molecule has 8 heteroatoms. The van der Waals surface area contributed by atoms with Gasteiger partial charge in [-0.3, -0.25) is 13.9 Å². The van der Waals surface area contributed by atoms with Crippen LogP contribution in [0.1, 0.15) is 55.7 Å². The average molecular weight is 500 g/mol. The van der Waals surface area contributed by atoms with Gasteiger partial charge in [0, 0.05) is 12.6 Å². The van der Waals surface area contributed by atoms with E-state index < -0.39 is 22.0 Å². The molecule has 0 heterocycles. The molecule has 35 heavy (non-hydrogen) atoms. The van der Waals surface area contributed by atoms with Crippen LogP contribution in [0.5, 0.6) is 0 Å². The van der Waals surface area contributed by atoms with Crippen LogP contribution in [-0.2, 0) is 26.2 Å². The number of carbonyl (C=O) groups is 2. The van der Waals surface area contributed by atoms with Gasteiger partial charge in [-0.25, -0.2) is 8.42 Å². The van der Waals surface area contributed by atoms with Gasteiger partial charge in [-0.05, 0) is 62.4 Å². The molecule has 2 amide bonds. The summed E-state index contributed by atoms with van der Waals surface area (Å²) in [6, 6.07) is 14.3. The van der Waals surface area contributed by atoms with Crippen molar-refractivity contribution >= 4 is 27.5 Å². The van der Waals surface area contributed by atoms with Gasteiger partial charge in [0.25, 0.3) is 0 Å². The van der Waals surface area contributed by atoms with Crippen molar-refractivity contribution in [3.8, 4) is 0 Å². The second kappa shape index (κ2) is 11.7. The van der Waals surface area contributed by atoms with Gasteiger partial charge in [0.15, 0.2) is 0 Å². The number of carbonyl (C=O) groups excluding carboxylic acids is 2. The van der Waals surface area contributed by atoms with Crippen molar-refractivity contribution in [2.75, 3.05) is 17.1 Å². The highest BCUT2D eigenvalue weighted by atomic mass is 32.2. The fraction of sp³-hybridized carbons (Fsp3) is 0.481. The lowest BCUT2D eigenvalue weighted by atomic mass is 9.95. The molecular formula is C27H37N3O4S. The zero-order valence-corrected chi connectivity index (χ0v) is 22.0. The fourth-order valence-corrected chi connectivity index (χ4v) is 5.47. The van der Waals surface area contributed by atoms with Crippen LogP contribution in [0.2, 0.25) is 0 Å². The summed E-state index contributed by atoms with van der Waals surface area (Å²) in [5.41, 5.74) is 3.12. The fourth-order valence-electron chi connectivity index (χ4n) is 4.64. The van der Waals surface area contributed by atoms with Gasteiger partial charge in [0.1, 0.15) is 12.6 Å². The van der Waals surface area contributed by atoms with Crippen LogP contribution in [0.25, 0.3) is 0 Å². The zero-order valence-electron chi connectivity index (χ0n) is 21.2. The molecule has 2 aromatic rings. The topological polar surface area (TPSA) is 86.8 Å². The number of hydrogen-bond donors (Lipinski definition) is 1. The number of nitrogens with zero attached hydrogens (tertiary/aromatic N) is 2. The number of anilines is 1. The third kappa shape index (κ3) is 7.56. The third-order valence-corrected chi connectivity index (χ3v) is 7.63. The summed E-state index contributed by atoms with van der Waals surface area (Å²) in [6.45, 7) is 5.32. The summed E-state index contributed by atoms with van der Waals surface area (Å²) in [6.07, 6.45) is 6.34. The largest absolute Gasteiger partial charge is 0.352 e. The molecule has 1 saturated carbocycles. The monoisotopic (exact) mass is 499 g/mol. The first-order valence-electron chi connectivity index (χ1n) is 12.2. The summed E-state index contributed by atoms with van der Waals surface area (Å²) in [7, 11) is -3.74. The maximum absolute atomic E-state index is 13.6. The Morgan fingerprint density at radius 2 is 1.60 bits per heavy atom. The molecule has 1 N–H and O–H groups in total. The summed E-state index contributed by atoms with van der Waals surface area (Å²) < 4.78 is 26.6. The van der Waals surface area contributed by atoms with Crippen molar-refractivity contribution in [3.05, 3.63) is 65.2 Å². The molecule has 7 nitrogen and oxygen atoms in total. The molecule has 1 fully saturated rings. The van der Waals surface area contributed by atoms with Crippen molar-refractivity contribution in [1.29, 1.82) is 0 Å². The number of sulfonamides is 1. The quantitative estimate of drug-likeness (QED) is 0.566. The minimum atomic E-state index is -3.74. The van der Waals surface area contributed by atoms with Gasteiger partial charge >= 0.3 is 0 Å². The molecular weight excluding hydrogens is 462 g/mol. The second-order valence-electron chi connectivity index (χ2n) is 9.64. The Labute approximate surface area is 209 Å². The van der Waals surface area contributed by atoms with Crippen LogP contribution in [-0.4, -0.2) is 50.0 Å². The van der Waals surface area contributed by atoms with Gasteiger partial charge in [0.05, 0.1) is 11.9 Å². The number of amides is 2. The molecule has 0 spiro atoms. The number of aryl methyl sites for hydroxylation is 2. The first-order chi connectivity index (χ1) is 16.5. The van der Waals surface area contributed by atoms with Crippen LogP contribution in [0, 0.1) is 13.8 Å². The Bertz CT molecular complexity index is 1110. The normalized spacial score (nSPS) is 15.3. The molecule has 1 aliphatic rings. The summed E-state index contributed by atoms with van der Waals surface area (Å²) in [5, 5.41) is 3.11. The predicted molar refractivity (Wildman–Crippen MR) is 140 cm³/mol. The highest BCUT2D eigenvalue weighted by molar-refractivity contribution is 7.92. The number of nitrogens with one attached hydrogen (secondary N) is 1. The first-order valence-corrected chi connectivity index (χ1v) is 14.1. The first kappa shape index (κ1) is 26.7. The zero-order chi connectivity index (χ0) is 25.6. The third-order valence-electron chi connectivity index (χ3n) is 6.49. The van der Waals surface area contributed by atoms with Gasteiger partial charge in [-0.15, -0.1) is 0 Å². The van der Waals surface area contributed by atoms with E-state index in [1.54, 1.807) is 19.1 Å². The molecule has 190 valence electrons. The van der Waals surface area contributed by atoms with Gasteiger partial charge < -0.3 is 10.2 Å². The van der Waals surface area contributed by atoms with Gasteiger partial charge in [-0.1, -0.05) is 55.7 Å². The molecule has 2 aromatic carbocycles. The van der Waals surface area contributed by atoms with Crippen molar-refractivity contribution in [3.63, 3.8) is 0 Å². The van der Waals surface area contributed by atoms with Gasteiger partial charge in [0.2, 0.25) is 21.8 Å². The Morgan fingerprint density at radius 1 is 1.00 bits per heavy atom. The highest BCUT2D eigenvalue weighted by Crippen LogP contribution is 2.23. The van der Waals surface area contributed by atoms with E-state index in [4.69, 9.17) is 0 Å². The molecule has 0 aliphatic heterocycles. The molecule has 3 rings (SSSR count). The van der Waals surface area contributed by atoms with Crippen LogP contribution in [0.4, 0.5) is 5.69 Å². The number of rotatable bonds is 9. The van der Waals surface area contributed by atoms with E-state index in [-0.39, 0.29) is 25.0 Å². The number of hydrogen-bond acceptors (Lipinski definition) is 4. The van der Waals surface area contributed by atoms with Crippen LogP contribution >= 0.6 is 0 Å². The van der Waals surface area contributed by atoms with E-state index >= 15 is 0 Å². The standard InChI is InChI=1S/C27H37N3O4S/c1-20-15-21(2)17-25(16-20)30(35(4,33)34)19-26(31)29(18-23-11-7-5-8-12-23)22(3)27(32)28-24-13-9-6-10-14-24/h5,7-8,11-12,15-17,22,24H,6,9-10,13-14,18-19H2,1-4H3,(H,28,32)/t22-/m1/s1. The van der Waals surface area contributed by atoms with Gasteiger partial charge in [-0.2, -0.15) is 0 Å². The smallest absolute Gasteiger partial charge is 0.244 e. The van der Waals surface area contributed by atoms with E-state index in [1.807, 2.05) is 50.2 Å². The maximum atomic E-state index is 13.6. The van der Waals surface area contributed by atoms with Crippen LogP contribution in [0.15, 0.2) is 48.5 Å². The summed E-state index contributed by atoms with van der Waals surface area (Å²) in [4.78, 5) is 28.3. The van der Waals surface area contributed by atoms with Crippen LogP contribution in [0.3, 0.4) is 0 Å². The van der Waals surface area contributed by atoms with Crippen molar-refractivity contribution in [2.45, 2.75) is 71.5 Å². The molecule has 0 radical (unpaired) electrons. The molecule has 0 aromatic heterocycles. The molecule has 0 unspecified atom stereocenters. The van der Waals surface area contributed by atoms with Crippen molar-refractivity contribution in [2.24, 2.45) is 0 Å². The Hall–Kier alpha value is -2.87. The van der Waals surface area contributed by atoms with E-state index in [0.29, 0.717) is 5.69 Å². The van der Waals surface area contributed by atoms with Crippen molar-refractivity contribution < 1.29 is 18.0 Å². The SMILES string of the molecule is Cc1cc(C)cc(N(CC(=O)N(Cc2ccccc2)[C@H](C)C(=O)NC2CCCCC2)S(C)(=O)=O)c1. The molecule has 0 saturated heterocycles. The molecule has 1 atom stereocenters. The highest BCUT2D eigenvalue weighted by Gasteiger charge is 2.31.